The third kappa shape index (κ3) is 3.12. The molecule has 1 aromatic carbocycles. The molecule has 18 heavy (non-hydrogen) atoms. The molecule has 1 heterocycles. The first-order chi connectivity index (χ1) is 8.81. The van der Waals surface area contributed by atoms with Crippen LogP contribution < -0.4 is 0 Å². The van der Waals surface area contributed by atoms with Crippen molar-refractivity contribution in [2.75, 3.05) is 20.3 Å². The number of ether oxygens (including phenoxy) is 1. The Hall–Kier alpha value is -1.79. The molecule has 1 aliphatic heterocycles. The zero-order chi connectivity index (χ0) is 12.8. The first kappa shape index (κ1) is 12.7. The number of rotatable bonds is 2. The molecule has 1 aromatic rings. The molecule has 3 nitrogen and oxygen atoms in total. The Kier molecular flexibility index (Phi) is 4.38. The number of methoxy groups -OCH3 is 1. The average Bonchev–Trinajstić information content (AvgIpc) is 2.86. The molecule has 3 heteroatoms. The highest BCUT2D eigenvalue weighted by Crippen LogP contribution is 2.17. The van der Waals surface area contributed by atoms with Gasteiger partial charge in [-0.1, -0.05) is 24.1 Å². The fourth-order valence-corrected chi connectivity index (χ4v) is 2.19. The summed E-state index contributed by atoms with van der Waals surface area (Å²) in [6.07, 6.45) is 2.04. The summed E-state index contributed by atoms with van der Waals surface area (Å²) in [5, 5.41) is 0. The second-order valence-electron chi connectivity index (χ2n) is 4.37. The molecule has 0 unspecified atom stereocenters. The van der Waals surface area contributed by atoms with Crippen LogP contribution in [-0.2, 0) is 9.53 Å². The van der Waals surface area contributed by atoms with Crippen molar-refractivity contribution in [1.82, 2.24) is 4.90 Å². The molecule has 0 spiro atoms. The molecular weight excluding hydrogens is 226 g/mol. The number of nitrogens with zero attached hydrogens (tertiary/aromatic N) is 1. The van der Waals surface area contributed by atoms with Gasteiger partial charge in [-0.25, -0.2) is 0 Å². The van der Waals surface area contributed by atoms with E-state index in [1.807, 2.05) is 35.2 Å². The number of carbonyl (C=O) groups is 1. The van der Waals surface area contributed by atoms with Crippen molar-refractivity contribution < 1.29 is 9.53 Å². The lowest BCUT2D eigenvalue weighted by molar-refractivity contribution is -0.126. The molecule has 0 bridgehead atoms. The highest BCUT2D eigenvalue weighted by atomic mass is 16.5. The summed E-state index contributed by atoms with van der Waals surface area (Å²) in [7, 11) is 1.66. The van der Waals surface area contributed by atoms with Crippen molar-refractivity contribution in [3.05, 3.63) is 35.9 Å². The van der Waals surface area contributed by atoms with Crippen molar-refractivity contribution in [3.8, 4) is 11.8 Å². The first-order valence-corrected chi connectivity index (χ1v) is 6.18. The third-order valence-corrected chi connectivity index (χ3v) is 3.08. The molecule has 1 atom stereocenters. The van der Waals surface area contributed by atoms with Gasteiger partial charge < -0.3 is 9.64 Å². The van der Waals surface area contributed by atoms with Crippen LogP contribution in [0.15, 0.2) is 30.3 Å². The van der Waals surface area contributed by atoms with Gasteiger partial charge >= 0.3 is 0 Å². The summed E-state index contributed by atoms with van der Waals surface area (Å²) in [6.45, 7) is 1.38. The van der Waals surface area contributed by atoms with E-state index in [0.717, 1.165) is 24.9 Å². The fourth-order valence-electron chi connectivity index (χ4n) is 2.19. The van der Waals surface area contributed by atoms with E-state index in [4.69, 9.17) is 4.74 Å². The van der Waals surface area contributed by atoms with Gasteiger partial charge in [0.2, 0.25) is 0 Å². The van der Waals surface area contributed by atoms with Crippen LogP contribution in [0.1, 0.15) is 18.4 Å². The lowest BCUT2D eigenvalue weighted by Gasteiger charge is -2.21. The summed E-state index contributed by atoms with van der Waals surface area (Å²) in [6, 6.07) is 9.75. The predicted octanol–water partition coefficient (Wildman–Crippen LogP) is 1.68. The summed E-state index contributed by atoms with van der Waals surface area (Å²) in [5.74, 6) is 5.51. The van der Waals surface area contributed by atoms with E-state index in [-0.39, 0.29) is 11.9 Å². The average molecular weight is 243 g/mol. The van der Waals surface area contributed by atoms with E-state index >= 15 is 0 Å². The summed E-state index contributed by atoms with van der Waals surface area (Å²) in [4.78, 5) is 13.8. The Bertz CT molecular complexity index is 458. The molecule has 0 aromatic heterocycles. The van der Waals surface area contributed by atoms with Crippen LogP contribution >= 0.6 is 0 Å². The van der Waals surface area contributed by atoms with Gasteiger partial charge in [-0.15, -0.1) is 0 Å². The van der Waals surface area contributed by atoms with Crippen LogP contribution in [0.25, 0.3) is 0 Å². The number of likely N-dealkylation sites (tertiary alicyclic amines) is 1. The fraction of sp³-hybridized carbons (Fsp3) is 0.400. The van der Waals surface area contributed by atoms with E-state index in [1.54, 1.807) is 7.11 Å². The Morgan fingerprint density at radius 1 is 1.44 bits per heavy atom. The summed E-state index contributed by atoms with van der Waals surface area (Å²) < 4.78 is 5.13. The maximum absolute atomic E-state index is 12.0. The molecule has 2 rings (SSSR count). The second-order valence-corrected chi connectivity index (χ2v) is 4.37. The van der Waals surface area contributed by atoms with Crippen LogP contribution in [0.4, 0.5) is 0 Å². The summed E-state index contributed by atoms with van der Waals surface area (Å²) in [5.41, 5.74) is 0.869. The smallest absolute Gasteiger partial charge is 0.299 e. The molecule has 0 saturated carbocycles. The quantitative estimate of drug-likeness (QED) is 0.740. The topological polar surface area (TPSA) is 29.5 Å². The molecule has 0 aliphatic carbocycles. The van der Waals surface area contributed by atoms with Crippen LogP contribution in [0, 0.1) is 11.8 Å². The predicted molar refractivity (Wildman–Crippen MR) is 69.9 cm³/mol. The van der Waals surface area contributed by atoms with Gasteiger partial charge in [0.1, 0.15) is 0 Å². The monoisotopic (exact) mass is 243 g/mol. The Morgan fingerprint density at radius 3 is 2.94 bits per heavy atom. The Balaban J connectivity index is 2.02. The van der Waals surface area contributed by atoms with E-state index in [0.29, 0.717) is 6.61 Å². The molecular formula is C15H17NO2. The van der Waals surface area contributed by atoms with Crippen LogP contribution in [-0.4, -0.2) is 37.1 Å². The van der Waals surface area contributed by atoms with Gasteiger partial charge in [-0.2, -0.15) is 0 Å². The zero-order valence-electron chi connectivity index (χ0n) is 10.6. The maximum Gasteiger partial charge on any atom is 0.299 e. The van der Waals surface area contributed by atoms with Gasteiger partial charge in [0.15, 0.2) is 0 Å². The third-order valence-electron chi connectivity index (χ3n) is 3.08. The zero-order valence-corrected chi connectivity index (χ0v) is 10.6. The van der Waals surface area contributed by atoms with Crippen molar-refractivity contribution in [3.63, 3.8) is 0 Å². The van der Waals surface area contributed by atoms with Crippen molar-refractivity contribution in [1.29, 1.82) is 0 Å². The van der Waals surface area contributed by atoms with Crippen LogP contribution in [0.5, 0.6) is 0 Å². The highest BCUT2D eigenvalue weighted by molar-refractivity contribution is 5.94. The first-order valence-electron chi connectivity index (χ1n) is 6.18. The number of hydrogen-bond donors (Lipinski definition) is 0. The molecule has 0 N–H and O–H groups in total. The largest absolute Gasteiger partial charge is 0.383 e. The van der Waals surface area contributed by atoms with Gasteiger partial charge in [-0.05, 0) is 25.0 Å². The minimum absolute atomic E-state index is 0.0987. The minimum Gasteiger partial charge on any atom is -0.383 e. The van der Waals surface area contributed by atoms with E-state index in [2.05, 4.69) is 11.8 Å². The molecule has 0 radical (unpaired) electrons. The van der Waals surface area contributed by atoms with E-state index in [1.165, 1.54) is 0 Å². The lowest BCUT2D eigenvalue weighted by atomic mass is 10.2. The van der Waals surface area contributed by atoms with E-state index < -0.39 is 0 Å². The number of amides is 1. The molecule has 1 aliphatic rings. The highest BCUT2D eigenvalue weighted by Gasteiger charge is 2.27. The van der Waals surface area contributed by atoms with Gasteiger partial charge in [0, 0.05) is 25.1 Å². The minimum atomic E-state index is -0.0987. The van der Waals surface area contributed by atoms with Gasteiger partial charge in [0.25, 0.3) is 5.91 Å². The molecule has 1 amide bonds. The summed E-state index contributed by atoms with van der Waals surface area (Å²) >= 11 is 0. The molecule has 1 fully saturated rings. The van der Waals surface area contributed by atoms with Crippen molar-refractivity contribution in [2.24, 2.45) is 0 Å². The Labute approximate surface area is 108 Å². The van der Waals surface area contributed by atoms with Crippen molar-refractivity contribution in [2.45, 2.75) is 18.9 Å². The molecule has 94 valence electrons. The Morgan fingerprint density at radius 2 is 2.22 bits per heavy atom. The SMILES string of the molecule is COC[C@@H]1CCCN1C(=O)C#Cc1ccccc1. The normalized spacial score (nSPS) is 18.3. The number of carbonyl (C=O) groups excluding carboxylic acids is 1. The van der Waals surface area contributed by atoms with Crippen LogP contribution in [0.3, 0.4) is 0 Å². The van der Waals surface area contributed by atoms with Gasteiger partial charge in [0.05, 0.1) is 12.6 Å². The maximum atomic E-state index is 12.0. The standard InChI is InChI=1S/C15H17NO2/c1-18-12-14-8-5-11-16(14)15(17)10-9-13-6-3-2-4-7-13/h2-4,6-7,14H,5,8,11-12H2,1H3/t14-/m0/s1. The van der Waals surface area contributed by atoms with E-state index in [9.17, 15) is 4.79 Å². The lowest BCUT2D eigenvalue weighted by Crippen LogP contribution is -2.37. The van der Waals surface area contributed by atoms with Crippen molar-refractivity contribution >= 4 is 5.91 Å². The molecule has 1 saturated heterocycles. The number of benzene rings is 1. The second kappa shape index (κ2) is 6.23. The van der Waals surface area contributed by atoms with Crippen LogP contribution in [0.2, 0.25) is 0 Å². The number of hydrogen-bond acceptors (Lipinski definition) is 2. The van der Waals surface area contributed by atoms with Gasteiger partial charge in [-0.3, -0.25) is 4.79 Å².